The first-order valence-corrected chi connectivity index (χ1v) is 2.95. The summed E-state index contributed by atoms with van der Waals surface area (Å²) < 4.78 is 0. The molecular formula is C8H9NaO. The van der Waals surface area contributed by atoms with Crippen LogP contribution in [0.25, 0.3) is 0 Å². The SMILES string of the molecule is Cc1cccc(C)c1[O-].[Na+]. The van der Waals surface area contributed by atoms with Crippen LogP contribution in [0.4, 0.5) is 0 Å². The molecule has 0 heterocycles. The number of benzene rings is 1. The van der Waals surface area contributed by atoms with Crippen LogP contribution in [-0.2, 0) is 0 Å². The molecule has 10 heavy (non-hydrogen) atoms. The summed E-state index contributed by atoms with van der Waals surface area (Å²) in [7, 11) is 0. The molecule has 0 saturated carbocycles. The van der Waals surface area contributed by atoms with Gasteiger partial charge < -0.3 is 5.11 Å². The van der Waals surface area contributed by atoms with Gasteiger partial charge in [0.15, 0.2) is 0 Å². The van der Waals surface area contributed by atoms with Crippen LogP contribution in [0.1, 0.15) is 11.1 Å². The molecule has 0 aliphatic heterocycles. The van der Waals surface area contributed by atoms with Crippen molar-refractivity contribution in [3.8, 4) is 5.75 Å². The molecule has 0 unspecified atom stereocenters. The molecule has 1 aromatic carbocycles. The quantitative estimate of drug-likeness (QED) is 0.401. The summed E-state index contributed by atoms with van der Waals surface area (Å²) >= 11 is 0. The van der Waals surface area contributed by atoms with Crippen LogP contribution in [-0.4, -0.2) is 0 Å². The van der Waals surface area contributed by atoms with Gasteiger partial charge in [-0.3, -0.25) is 0 Å². The molecule has 1 aromatic rings. The summed E-state index contributed by atoms with van der Waals surface area (Å²) in [6, 6.07) is 5.55. The Balaban J connectivity index is 0.000000810. The number of aryl methyl sites for hydroxylation is 2. The first-order valence-electron chi connectivity index (χ1n) is 2.95. The van der Waals surface area contributed by atoms with E-state index in [1.54, 1.807) is 0 Å². The van der Waals surface area contributed by atoms with Crippen molar-refractivity contribution in [2.75, 3.05) is 0 Å². The fourth-order valence-electron chi connectivity index (χ4n) is 0.799. The van der Waals surface area contributed by atoms with E-state index in [-0.39, 0.29) is 35.3 Å². The van der Waals surface area contributed by atoms with Crippen molar-refractivity contribution in [2.24, 2.45) is 0 Å². The second kappa shape index (κ2) is 4.02. The van der Waals surface area contributed by atoms with Crippen LogP contribution in [0, 0.1) is 13.8 Å². The predicted octanol–water partition coefficient (Wildman–Crippen LogP) is -1.62. The van der Waals surface area contributed by atoms with Gasteiger partial charge in [-0.15, -0.1) is 5.75 Å². The molecule has 0 spiro atoms. The first kappa shape index (κ1) is 10.0. The zero-order valence-electron chi connectivity index (χ0n) is 6.64. The zero-order chi connectivity index (χ0) is 6.85. The third-order valence-corrected chi connectivity index (χ3v) is 1.41. The normalized spacial score (nSPS) is 8.60. The molecule has 0 bridgehead atoms. The third kappa shape index (κ3) is 2.01. The summed E-state index contributed by atoms with van der Waals surface area (Å²) in [5.74, 6) is 0.164. The Morgan fingerprint density at radius 2 is 1.50 bits per heavy atom. The smallest absolute Gasteiger partial charge is 0.872 e. The van der Waals surface area contributed by atoms with Gasteiger partial charge in [0.2, 0.25) is 0 Å². The van der Waals surface area contributed by atoms with E-state index in [1.165, 1.54) is 0 Å². The van der Waals surface area contributed by atoms with Gasteiger partial charge in [0.1, 0.15) is 0 Å². The van der Waals surface area contributed by atoms with Crippen molar-refractivity contribution in [1.29, 1.82) is 0 Å². The number of hydrogen-bond acceptors (Lipinski definition) is 1. The fourth-order valence-corrected chi connectivity index (χ4v) is 0.799. The van der Waals surface area contributed by atoms with E-state index in [9.17, 15) is 5.11 Å². The van der Waals surface area contributed by atoms with E-state index in [4.69, 9.17) is 0 Å². The second-order valence-electron chi connectivity index (χ2n) is 2.22. The van der Waals surface area contributed by atoms with Gasteiger partial charge in [-0.2, -0.15) is 0 Å². The summed E-state index contributed by atoms with van der Waals surface area (Å²) in [5, 5.41) is 11.0. The molecule has 1 nitrogen and oxygen atoms in total. The third-order valence-electron chi connectivity index (χ3n) is 1.41. The zero-order valence-corrected chi connectivity index (χ0v) is 8.64. The average Bonchev–Trinajstić information content (AvgIpc) is 1.83. The molecule has 48 valence electrons. The van der Waals surface area contributed by atoms with Gasteiger partial charge in [0, 0.05) is 0 Å². The molecule has 0 aliphatic rings. The van der Waals surface area contributed by atoms with Crippen molar-refractivity contribution in [2.45, 2.75) is 13.8 Å². The van der Waals surface area contributed by atoms with E-state index in [2.05, 4.69) is 0 Å². The minimum atomic E-state index is 0. The summed E-state index contributed by atoms with van der Waals surface area (Å²) in [6.07, 6.45) is 0. The Kier molecular flexibility index (Phi) is 4.02. The van der Waals surface area contributed by atoms with Gasteiger partial charge in [-0.1, -0.05) is 29.3 Å². The van der Waals surface area contributed by atoms with E-state index >= 15 is 0 Å². The van der Waals surface area contributed by atoms with Crippen LogP contribution in [0.5, 0.6) is 5.75 Å². The van der Waals surface area contributed by atoms with Crippen LogP contribution < -0.4 is 34.7 Å². The van der Waals surface area contributed by atoms with Gasteiger partial charge >= 0.3 is 29.6 Å². The number of rotatable bonds is 0. The molecule has 2 heteroatoms. The van der Waals surface area contributed by atoms with Crippen LogP contribution in [0.3, 0.4) is 0 Å². The molecule has 0 N–H and O–H groups in total. The largest absolute Gasteiger partial charge is 1.00 e. The van der Waals surface area contributed by atoms with Crippen molar-refractivity contribution in [3.05, 3.63) is 29.3 Å². The molecule has 0 aromatic heterocycles. The molecule has 1 rings (SSSR count). The Morgan fingerprint density at radius 3 is 1.80 bits per heavy atom. The number of para-hydroxylation sites is 1. The predicted molar refractivity (Wildman–Crippen MR) is 35.4 cm³/mol. The second-order valence-corrected chi connectivity index (χ2v) is 2.22. The van der Waals surface area contributed by atoms with Crippen LogP contribution >= 0.6 is 0 Å². The first-order chi connectivity index (χ1) is 4.22. The molecule has 0 aliphatic carbocycles. The van der Waals surface area contributed by atoms with Crippen LogP contribution in [0.15, 0.2) is 18.2 Å². The van der Waals surface area contributed by atoms with Gasteiger partial charge in [0.05, 0.1) is 0 Å². The molecule has 0 radical (unpaired) electrons. The average molecular weight is 144 g/mol. The van der Waals surface area contributed by atoms with Gasteiger partial charge in [0.25, 0.3) is 0 Å². The minimum Gasteiger partial charge on any atom is -0.872 e. The summed E-state index contributed by atoms with van der Waals surface area (Å²) in [6.45, 7) is 3.66. The van der Waals surface area contributed by atoms with Crippen LogP contribution in [0.2, 0.25) is 0 Å². The standard InChI is InChI=1S/C8H10O.Na/c1-6-4-3-5-7(2)8(6)9;/h3-5,9H,1-2H3;/q;+1/p-1. The summed E-state index contributed by atoms with van der Waals surface area (Å²) in [4.78, 5) is 0. The molecular weight excluding hydrogens is 135 g/mol. The minimum absolute atomic E-state index is 0. The van der Waals surface area contributed by atoms with Crippen molar-refractivity contribution < 1.29 is 34.7 Å². The van der Waals surface area contributed by atoms with Gasteiger partial charge in [-0.25, -0.2) is 0 Å². The Bertz CT molecular complexity index is 200. The van der Waals surface area contributed by atoms with E-state index in [1.807, 2.05) is 32.0 Å². The fraction of sp³-hybridized carbons (Fsp3) is 0.250. The van der Waals surface area contributed by atoms with Crippen molar-refractivity contribution in [3.63, 3.8) is 0 Å². The maximum absolute atomic E-state index is 11.0. The molecule has 0 fully saturated rings. The van der Waals surface area contributed by atoms with Crippen molar-refractivity contribution in [1.82, 2.24) is 0 Å². The molecule has 0 atom stereocenters. The Labute approximate surface area is 83.4 Å². The van der Waals surface area contributed by atoms with E-state index in [0.717, 1.165) is 11.1 Å². The maximum atomic E-state index is 11.0. The topological polar surface area (TPSA) is 23.1 Å². The molecule has 0 saturated heterocycles. The number of hydrogen-bond donors (Lipinski definition) is 0. The summed E-state index contributed by atoms with van der Waals surface area (Å²) in [5.41, 5.74) is 1.66. The monoisotopic (exact) mass is 144 g/mol. The van der Waals surface area contributed by atoms with E-state index in [0.29, 0.717) is 0 Å². The van der Waals surface area contributed by atoms with E-state index < -0.39 is 0 Å². The van der Waals surface area contributed by atoms with Crippen molar-refractivity contribution >= 4 is 0 Å². The maximum Gasteiger partial charge on any atom is 1.00 e. The Morgan fingerprint density at radius 1 is 1.10 bits per heavy atom. The Hall–Kier alpha value is 0.0200. The van der Waals surface area contributed by atoms with Gasteiger partial charge in [-0.05, 0) is 13.8 Å². The molecule has 0 amide bonds.